The zero-order valence-electron chi connectivity index (χ0n) is 11.0. The van der Waals surface area contributed by atoms with E-state index < -0.39 is 0 Å². The largest absolute Gasteiger partial charge is 0.496 e. The maximum Gasteiger partial charge on any atom is 0.122 e. The Labute approximate surface area is 110 Å². The molecule has 2 nitrogen and oxygen atoms in total. The zero-order chi connectivity index (χ0) is 12.7. The molecule has 0 saturated heterocycles. The maximum atomic E-state index is 5.31. The molecule has 0 aromatic heterocycles. The Morgan fingerprint density at radius 1 is 1.18 bits per heavy atom. The van der Waals surface area contributed by atoms with Gasteiger partial charge in [0, 0.05) is 0 Å². The highest BCUT2D eigenvalue weighted by Crippen LogP contribution is 2.23. The highest BCUT2D eigenvalue weighted by atomic mass is 32.1. The summed E-state index contributed by atoms with van der Waals surface area (Å²) in [6.45, 7) is 6.37. The van der Waals surface area contributed by atoms with Crippen LogP contribution in [0.1, 0.15) is 23.1 Å². The minimum atomic E-state index is 0.952. The smallest absolute Gasteiger partial charge is 0.122 e. The van der Waals surface area contributed by atoms with Gasteiger partial charge in [-0.05, 0) is 68.3 Å². The van der Waals surface area contributed by atoms with Gasteiger partial charge in [-0.2, -0.15) is 12.6 Å². The summed E-state index contributed by atoms with van der Waals surface area (Å²) in [5.74, 6) is 1.93. The van der Waals surface area contributed by atoms with Gasteiger partial charge in [-0.1, -0.05) is 6.07 Å². The number of hydrogen-bond acceptors (Lipinski definition) is 3. The van der Waals surface area contributed by atoms with E-state index >= 15 is 0 Å². The molecule has 1 N–H and O–H groups in total. The molecule has 0 fully saturated rings. The minimum absolute atomic E-state index is 0.952. The van der Waals surface area contributed by atoms with Crippen molar-refractivity contribution in [3.8, 4) is 5.75 Å². The van der Waals surface area contributed by atoms with E-state index in [1.54, 1.807) is 7.11 Å². The van der Waals surface area contributed by atoms with Gasteiger partial charge in [0.15, 0.2) is 0 Å². The van der Waals surface area contributed by atoms with Crippen LogP contribution in [-0.2, 0) is 6.42 Å². The molecule has 17 heavy (non-hydrogen) atoms. The Morgan fingerprint density at radius 2 is 1.94 bits per heavy atom. The second-order valence-electron chi connectivity index (χ2n) is 4.25. The lowest BCUT2D eigenvalue weighted by Crippen LogP contribution is -2.19. The molecule has 0 amide bonds. The fourth-order valence-corrected chi connectivity index (χ4v) is 2.05. The molecule has 0 aliphatic carbocycles. The molecule has 96 valence electrons. The van der Waals surface area contributed by atoms with Gasteiger partial charge in [0.25, 0.3) is 0 Å². The van der Waals surface area contributed by atoms with Crippen molar-refractivity contribution in [3.05, 3.63) is 28.8 Å². The molecule has 0 bridgehead atoms. The lowest BCUT2D eigenvalue weighted by molar-refractivity contribution is 0.411. The third kappa shape index (κ3) is 4.25. The highest BCUT2D eigenvalue weighted by Gasteiger charge is 2.05. The average molecular weight is 253 g/mol. The van der Waals surface area contributed by atoms with Gasteiger partial charge >= 0.3 is 0 Å². The molecule has 0 atom stereocenters. The van der Waals surface area contributed by atoms with Gasteiger partial charge in [0.05, 0.1) is 7.11 Å². The van der Waals surface area contributed by atoms with Crippen LogP contribution in [0.5, 0.6) is 5.75 Å². The highest BCUT2D eigenvalue weighted by molar-refractivity contribution is 7.80. The van der Waals surface area contributed by atoms with Crippen molar-refractivity contribution in [2.24, 2.45) is 0 Å². The van der Waals surface area contributed by atoms with Crippen LogP contribution in [0.3, 0.4) is 0 Å². The molecule has 3 heteroatoms. The Kier molecular flexibility index (Phi) is 6.45. The second kappa shape index (κ2) is 7.62. The summed E-state index contributed by atoms with van der Waals surface area (Å²) < 4.78 is 5.31. The fraction of sp³-hybridized carbons (Fsp3) is 0.571. The number of hydrogen-bond donors (Lipinski definition) is 2. The predicted octanol–water partition coefficient (Wildman–Crippen LogP) is 2.76. The van der Waals surface area contributed by atoms with E-state index in [1.165, 1.54) is 16.7 Å². The van der Waals surface area contributed by atoms with Gasteiger partial charge in [-0.3, -0.25) is 0 Å². The molecule has 0 unspecified atom stereocenters. The topological polar surface area (TPSA) is 21.3 Å². The van der Waals surface area contributed by atoms with Crippen LogP contribution < -0.4 is 10.1 Å². The van der Waals surface area contributed by atoms with E-state index in [9.17, 15) is 0 Å². The van der Waals surface area contributed by atoms with E-state index in [2.05, 4.69) is 43.9 Å². The number of nitrogens with one attached hydrogen (secondary N) is 1. The third-order valence-electron chi connectivity index (χ3n) is 3.15. The molecule has 0 aliphatic heterocycles. The number of ether oxygens (including phenoxy) is 1. The summed E-state index contributed by atoms with van der Waals surface area (Å²) in [5, 5.41) is 3.43. The summed E-state index contributed by atoms with van der Waals surface area (Å²) in [7, 11) is 1.72. The minimum Gasteiger partial charge on any atom is -0.496 e. The monoisotopic (exact) mass is 253 g/mol. The van der Waals surface area contributed by atoms with Gasteiger partial charge < -0.3 is 10.1 Å². The Hall–Kier alpha value is -0.670. The molecule has 0 aliphatic rings. The van der Waals surface area contributed by atoms with Crippen molar-refractivity contribution in [2.45, 2.75) is 26.7 Å². The summed E-state index contributed by atoms with van der Waals surface area (Å²) in [5.41, 5.74) is 4.00. The van der Waals surface area contributed by atoms with Gasteiger partial charge in [-0.25, -0.2) is 0 Å². The molecule has 1 rings (SSSR count). The van der Waals surface area contributed by atoms with Crippen molar-refractivity contribution in [2.75, 3.05) is 26.0 Å². The first-order valence-electron chi connectivity index (χ1n) is 6.15. The van der Waals surface area contributed by atoms with Gasteiger partial charge in [0.2, 0.25) is 0 Å². The quantitative estimate of drug-likeness (QED) is 0.576. The summed E-state index contributed by atoms with van der Waals surface area (Å²) in [4.78, 5) is 0. The van der Waals surface area contributed by atoms with Crippen LogP contribution >= 0.6 is 12.6 Å². The third-order valence-corrected chi connectivity index (χ3v) is 3.47. The Balaban J connectivity index is 2.51. The van der Waals surface area contributed by atoms with Crippen LogP contribution in [0, 0.1) is 13.8 Å². The van der Waals surface area contributed by atoms with E-state index in [0.717, 1.165) is 37.4 Å². The predicted molar refractivity (Wildman–Crippen MR) is 77.5 cm³/mol. The molecule has 0 heterocycles. The number of rotatable bonds is 7. The first-order valence-corrected chi connectivity index (χ1v) is 6.78. The molecule has 1 aromatic carbocycles. The molecular weight excluding hydrogens is 230 g/mol. The fourth-order valence-electron chi connectivity index (χ4n) is 1.90. The maximum absolute atomic E-state index is 5.31. The molecular formula is C14H23NOS. The molecule has 0 radical (unpaired) electrons. The molecule has 0 spiro atoms. The van der Waals surface area contributed by atoms with Crippen LogP contribution in [-0.4, -0.2) is 26.0 Å². The van der Waals surface area contributed by atoms with Crippen LogP contribution in [0.4, 0.5) is 0 Å². The van der Waals surface area contributed by atoms with Crippen molar-refractivity contribution in [1.82, 2.24) is 5.32 Å². The Bertz CT molecular complexity index is 352. The first kappa shape index (κ1) is 14.4. The Morgan fingerprint density at radius 3 is 2.59 bits per heavy atom. The zero-order valence-corrected chi connectivity index (χ0v) is 11.9. The number of benzene rings is 1. The number of methoxy groups -OCH3 is 1. The van der Waals surface area contributed by atoms with Crippen LogP contribution in [0.25, 0.3) is 0 Å². The van der Waals surface area contributed by atoms with Crippen molar-refractivity contribution in [1.29, 1.82) is 0 Å². The molecule has 1 aromatic rings. The van der Waals surface area contributed by atoms with E-state index in [4.69, 9.17) is 4.74 Å². The standard InChI is InChI=1S/C14H23NOS/c1-11-12(2)14(16-3)6-5-13(11)7-9-15-8-4-10-17/h5-6,15,17H,4,7-10H2,1-3H3. The van der Waals surface area contributed by atoms with E-state index in [0.29, 0.717) is 0 Å². The van der Waals surface area contributed by atoms with Crippen molar-refractivity contribution >= 4 is 12.6 Å². The normalized spacial score (nSPS) is 10.6. The summed E-state index contributed by atoms with van der Waals surface area (Å²) in [6, 6.07) is 4.23. The summed E-state index contributed by atoms with van der Waals surface area (Å²) in [6.07, 6.45) is 2.20. The lowest BCUT2D eigenvalue weighted by Gasteiger charge is -2.12. The van der Waals surface area contributed by atoms with Crippen LogP contribution in [0.2, 0.25) is 0 Å². The van der Waals surface area contributed by atoms with Crippen molar-refractivity contribution < 1.29 is 4.74 Å². The molecule has 0 saturated carbocycles. The van der Waals surface area contributed by atoms with Crippen LogP contribution in [0.15, 0.2) is 12.1 Å². The number of thiol groups is 1. The summed E-state index contributed by atoms with van der Waals surface area (Å²) >= 11 is 4.19. The van der Waals surface area contributed by atoms with Crippen molar-refractivity contribution in [3.63, 3.8) is 0 Å². The van der Waals surface area contributed by atoms with Gasteiger partial charge in [-0.15, -0.1) is 0 Å². The first-order chi connectivity index (χ1) is 8.20. The van der Waals surface area contributed by atoms with E-state index in [1.807, 2.05) is 0 Å². The van der Waals surface area contributed by atoms with E-state index in [-0.39, 0.29) is 0 Å². The lowest BCUT2D eigenvalue weighted by atomic mass is 10.00. The second-order valence-corrected chi connectivity index (χ2v) is 4.70. The average Bonchev–Trinajstić information content (AvgIpc) is 2.34. The van der Waals surface area contributed by atoms with Gasteiger partial charge in [0.1, 0.15) is 5.75 Å². The SMILES string of the molecule is COc1ccc(CCNCCCS)c(C)c1C.